The fourth-order valence-electron chi connectivity index (χ4n) is 2.06. The Morgan fingerprint density at radius 1 is 1.31 bits per heavy atom. The molecule has 8 heteroatoms. The molecule has 2 rings (SSSR count). The average molecular weight is 356 g/mol. The lowest BCUT2D eigenvalue weighted by Gasteiger charge is -2.10. The normalized spacial score (nSPS) is 10.7. The molecule has 1 aromatic heterocycles. The highest BCUT2D eigenvalue weighted by Gasteiger charge is 2.12. The molecule has 0 saturated carbocycles. The van der Waals surface area contributed by atoms with Gasteiger partial charge in [-0.2, -0.15) is 5.26 Å². The summed E-state index contributed by atoms with van der Waals surface area (Å²) < 4.78 is 16.0. The number of carbonyl (C=O) groups is 2. The Bertz CT molecular complexity index is 891. The molecule has 0 saturated heterocycles. The zero-order valence-electron chi connectivity index (χ0n) is 14.1. The molecule has 1 aromatic carbocycles. The van der Waals surface area contributed by atoms with E-state index in [0.717, 1.165) is 0 Å². The molecule has 0 spiro atoms. The van der Waals surface area contributed by atoms with E-state index in [1.807, 2.05) is 6.07 Å². The minimum absolute atomic E-state index is 0.0144. The molecule has 1 amide bonds. The number of hydrogen-bond acceptors (Lipinski definition) is 6. The highest BCUT2D eigenvalue weighted by Crippen LogP contribution is 2.29. The first kappa shape index (κ1) is 18.6. The lowest BCUT2D eigenvalue weighted by Crippen LogP contribution is -2.19. The van der Waals surface area contributed by atoms with Crippen molar-refractivity contribution in [1.29, 1.82) is 5.26 Å². The summed E-state index contributed by atoms with van der Waals surface area (Å²) in [6, 6.07) is 9.56. The number of likely N-dealkylation sites (N-methyl/N-ethyl adjacent to an activating group) is 1. The fraction of sp³-hybridized carbons (Fsp3) is 0.167. The van der Waals surface area contributed by atoms with Gasteiger partial charge in [-0.25, -0.2) is 4.79 Å². The maximum absolute atomic E-state index is 11.6. The molecule has 1 heterocycles. The van der Waals surface area contributed by atoms with Crippen LogP contribution < -0.4 is 14.8 Å². The molecule has 2 aromatic rings. The molecule has 134 valence electrons. The molecule has 0 aliphatic carbocycles. The smallest absolute Gasteiger partial charge is 0.371 e. The van der Waals surface area contributed by atoms with E-state index in [1.165, 1.54) is 32.4 Å². The summed E-state index contributed by atoms with van der Waals surface area (Å²) in [7, 11) is 2.89. The van der Waals surface area contributed by atoms with E-state index < -0.39 is 11.9 Å². The van der Waals surface area contributed by atoms with Gasteiger partial charge in [-0.3, -0.25) is 4.79 Å². The summed E-state index contributed by atoms with van der Waals surface area (Å²) in [6.07, 6.45) is 1.43. The maximum Gasteiger partial charge on any atom is 0.371 e. The molecule has 2 N–H and O–H groups in total. The number of aromatic carboxylic acids is 1. The SMILES string of the molecule is CNC(=O)/C(C#N)=C\c1ccc(OCc2ccc(C(=O)O)o2)c(OC)c1. The van der Waals surface area contributed by atoms with Gasteiger partial charge >= 0.3 is 5.97 Å². The molecule has 0 atom stereocenters. The fourth-order valence-corrected chi connectivity index (χ4v) is 2.06. The van der Waals surface area contributed by atoms with Crippen LogP contribution in [-0.4, -0.2) is 31.1 Å². The van der Waals surface area contributed by atoms with E-state index in [4.69, 9.17) is 24.3 Å². The summed E-state index contributed by atoms with van der Waals surface area (Å²) in [5.41, 5.74) is 0.542. The Morgan fingerprint density at radius 3 is 2.65 bits per heavy atom. The van der Waals surface area contributed by atoms with E-state index in [1.54, 1.807) is 18.2 Å². The van der Waals surface area contributed by atoms with Crippen molar-refractivity contribution in [1.82, 2.24) is 5.32 Å². The van der Waals surface area contributed by atoms with Crippen molar-refractivity contribution in [2.24, 2.45) is 0 Å². The first-order valence-electron chi connectivity index (χ1n) is 7.45. The first-order chi connectivity index (χ1) is 12.5. The Hall–Kier alpha value is -3.73. The van der Waals surface area contributed by atoms with E-state index in [9.17, 15) is 9.59 Å². The van der Waals surface area contributed by atoms with Crippen molar-refractivity contribution in [3.8, 4) is 17.6 Å². The second-order valence-electron chi connectivity index (χ2n) is 5.02. The van der Waals surface area contributed by atoms with Crippen LogP contribution in [0.15, 0.2) is 40.3 Å². The van der Waals surface area contributed by atoms with E-state index in [0.29, 0.717) is 22.8 Å². The molecular formula is C18H16N2O6. The van der Waals surface area contributed by atoms with Crippen molar-refractivity contribution >= 4 is 18.0 Å². The zero-order chi connectivity index (χ0) is 19.1. The van der Waals surface area contributed by atoms with Crippen molar-refractivity contribution in [2.75, 3.05) is 14.2 Å². The zero-order valence-corrected chi connectivity index (χ0v) is 14.1. The topological polar surface area (TPSA) is 122 Å². The summed E-state index contributed by atoms with van der Waals surface area (Å²) in [4.78, 5) is 22.4. The van der Waals surface area contributed by atoms with E-state index in [-0.39, 0.29) is 17.9 Å². The minimum atomic E-state index is -1.16. The monoisotopic (exact) mass is 356 g/mol. The molecular weight excluding hydrogens is 340 g/mol. The molecule has 0 bridgehead atoms. The number of rotatable bonds is 7. The van der Waals surface area contributed by atoms with Gasteiger partial charge in [0.05, 0.1) is 7.11 Å². The third-order valence-electron chi connectivity index (χ3n) is 3.33. The third-order valence-corrected chi connectivity index (χ3v) is 3.33. The Morgan fingerprint density at radius 2 is 2.08 bits per heavy atom. The Labute approximate surface area is 149 Å². The first-order valence-corrected chi connectivity index (χ1v) is 7.45. The van der Waals surface area contributed by atoms with Gasteiger partial charge in [0, 0.05) is 7.05 Å². The molecule has 8 nitrogen and oxygen atoms in total. The summed E-state index contributed by atoms with van der Waals surface area (Å²) in [5, 5.41) is 20.3. The number of ether oxygens (including phenoxy) is 2. The highest BCUT2D eigenvalue weighted by molar-refractivity contribution is 6.01. The number of carboxylic acids is 1. The van der Waals surface area contributed by atoms with E-state index >= 15 is 0 Å². The highest BCUT2D eigenvalue weighted by atomic mass is 16.5. The quantitative estimate of drug-likeness (QED) is 0.576. The van der Waals surface area contributed by atoms with Gasteiger partial charge in [-0.05, 0) is 35.9 Å². The predicted octanol–water partition coefficient (Wildman–Crippen LogP) is 2.22. The van der Waals surface area contributed by atoms with Gasteiger partial charge in [0.1, 0.15) is 24.0 Å². The summed E-state index contributed by atoms with van der Waals surface area (Å²) in [5.74, 6) is -0.684. The second-order valence-corrected chi connectivity index (χ2v) is 5.02. The number of benzene rings is 1. The molecule has 0 fully saturated rings. The standard InChI is InChI=1S/C18H16N2O6/c1-20-17(21)12(9-19)7-11-3-5-14(16(8-11)24-2)25-10-13-4-6-15(26-13)18(22)23/h3-8H,10H2,1-2H3,(H,20,21)(H,22,23)/b12-7-. The Balaban J connectivity index is 2.17. The van der Waals surface area contributed by atoms with E-state index in [2.05, 4.69) is 5.32 Å². The maximum atomic E-state index is 11.6. The van der Waals surface area contributed by atoms with Crippen LogP contribution in [0.5, 0.6) is 11.5 Å². The summed E-state index contributed by atoms with van der Waals surface area (Å²) in [6.45, 7) is 0.0144. The third kappa shape index (κ3) is 4.42. The van der Waals surface area contributed by atoms with Gasteiger partial charge in [-0.15, -0.1) is 0 Å². The van der Waals surface area contributed by atoms with Crippen molar-refractivity contribution in [2.45, 2.75) is 6.61 Å². The van der Waals surface area contributed by atoms with Crippen molar-refractivity contribution < 1.29 is 28.6 Å². The van der Waals surface area contributed by atoms with Gasteiger partial charge < -0.3 is 24.3 Å². The predicted molar refractivity (Wildman–Crippen MR) is 90.7 cm³/mol. The molecule has 0 aliphatic rings. The Kier molecular flexibility index (Phi) is 6.01. The molecule has 0 unspecified atom stereocenters. The van der Waals surface area contributed by atoms with Crippen molar-refractivity contribution in [3.63, 3.8) is 0 Å². The van der Waals surface area contributed by atoms with Gasteiger partial charge in [0.15, 0.2) is 11.5 Å². The average Bonchev–Trinajstić information content (AvgIpc) is 3.13. The lowest BCUT2D eigenvalue weighted by atomic mass is 10.1. The van der Waals surface area contributed by atoms with Crippen LogP contribution in [0.1, 0.15) is 21.9 Å². The van der Waals surface area contributed by atoms with Crippen LogP contribution in [0.3, 0.4) is 0 Å². The van der Waals surface area contributed by atoms with Gasteiger partial charge in [-0.1, -0.05) is 6.07 Å². The minimum Gasteiger partial charge on any atom is -0.493 e. The van der Waals surface area contributed by atoms with Crippen LogP contribution in [0.25, 0.3) is 6.08 Å². The number of nitrogens with one attached hydrogen (secondary N) is 1. The van der Waals surface area contributed by atoms with Crippen LogP contribution >= 0.6 is 0 Å². The van der Waals surface area contributed by atoms with Gasteiger partial charge in [0.2, 0.25) is 5.76 Å². The largest absolute Gasteiger partial charge is 0.493 e. The number of carboxylic acid groups (broad SMARTS) is 1. The number of furan rings is 1. The van der Waals surface area contributed by atoms with Crippen LogP contribution in [-0.2, 0) is 11.4 Å². The second kappa shape index (κ2) is 8.39. The van der Waals surface area contributed by atoms with Crippen LogP contribution in [0, 0.1) is 11.3 Å². The number of nitriles is 1. The molecule has 0 radical (unpaired) electrons. The number of methoxy groups -OCH3 is 1. The molecule has 26 heavy (non-hydrogen) atoms. The van der Waals surface area contributed by atoms with Gasteiger partial charge in [0.25, 0.3) is 5.91 Å². The van der Waals surface area contributed by atoms with Crippen LogP contribution in [0.4, 0.5) is 0 Å². The number of carbonyl (C=O) groups excluding carboxylic acids is 1. The summed E-state index contributed by atoms with van der Waals surface area (Å²) >= 11 is 0. The number of nitrogens with zero attached hydrogens (tertiary/aromatic N) is 1. The van der Waals surface area contributed by atoms with Crippen molar-refractivity contribution in [3.05, 3.63) is 53.0 Å². The van der Waals surface area contributed by atoms with Crippen LogP contribution in [0.2, 0.25) is 0 Å². The number of hydrogen-bond donors (Lipinski definition) is 2. The molecule has 0 aliphatic heterocycles. The number of amides is 1. The lowest BCUT2D eigenvalue weighted by molar-refractivity contribution is -0.116.